The van der Waals surface area contributed by atoms with Crippen LogP contribution in [0.25, 0.3) is 22.3 Å². The third kappa shape index (κ3) is 3.50. The molecule has 2 N–H and O–H groups in total. The second kappa shape index (κ2) is 7.26. The molecule has 1 aliphatic rings. The van der Waals surface area contributed by atoms with Gasteiger partial charge in [-0.1, -0.05) is 0 Å². The first-order valence-electron chi connectivity index (χ1n) is 9.82. The molecule has 3 heterocycles. The fourth-order valence-corrected chi connectivity index (χ4v) is 3.41. The molecule has 0 bridgehead atoms. The van der Waals surface area contributed by atoms with Crippen LogP contribution in [-0.2, 0) is 0 Å². The number of pyridine rings is 2. The molecule has 3 aromatic heterocycles. The Balaban J connectivity index is 1.46. The quantitative estimate of drug-likeness (QED) is 0.519. The summed E-state index contributed by atoms with van der Waals surface area (Å²) in [6.45, 7) is 0. The second-order valence-corrected chi connectivity index (χ2v) is 7.53. The number of nitrogens with one attached hydrogen (secondary N) is 2. The smallest absolute Gasteiger partial charge is 0.251 e. The highest BCUT2D eigenvalue weighted by Crippen LogP contribution is 2.30. The molecule has 1 aromatic carbocycles. The number of hydrogen-bond donors (Lipinski definition) is 2. The number of amides is 1. The van der Waals surface area contributed by atoms with Crippen LogP contribution < -0.4 is 10.2 Å². The number of hydrogen-bond acceptors (Lipinski definition) is 4. The summed E-state index contributed by atoms with van der Waals surface area (Å²) in [5.41, 5.74) is 4.10. The van der Waals surface area contributed by atoms with Crippen LogP contribution in [0.15, 0.2) is 61.1 Å². The van der Waals surface area contributed by atoms with Gasteiger partial charge < -0.3 is 15.2 Å². The molecule has 6 nitrogen and oxygen atoms in total. The van der Waals surface area contributed by atoms with Crippen molar-refractivity contribution in [2.45, 2.75) is 18.9 Å². The molecule has 0 saturated heterocycles. The average Bonchev–Trinajstić information content (AvgIpc) is 3.48. The Hall–Kier alpha value is -3.74. The number of nitrogens with zero attached hydrogens (tertiary/aromatic N) is 3. The van der Waals surface area contributed by atoms with E-state index in [1.807, 2.05) is 24.3 Å². The zero-order valence-electron chi connectivity index (χ0n) is 16.4. The second-order valence-electron chi connectivity index (χ2n) is 7.53. The number of aromatic amines is 1. The molecule has 0 spiro atoms. The standard InChI is InChI=1S/C23H20FN5O/c1-29(21-11-14(4-7-19(21)24)23(30)27-17-5-6-17)18-9-16-10-20(28-22(16)26-13-18)15-3-2-8-25-12-15/h2-4,7-13,17H,5-6H2,1H3,(H,26,28)(H,27,30). The van der Waals surface area contributed by atoms with Crippen molar-refractivity contribution in [2.24, 2.45) is 0 Å². The minimum atomic E-state index is -0.398. The molecule has 1 amide bonds. The maximum Gasteiger partial charge on any atom is 0.251 e. The van der Waals surface area contributed by atoms with Crippen molar-refractivity contribution in [1.29, 1.82) is 0 Å². The van der Waals surface area contributed by atoms with Gasteiger partial charge in [0.25, 0.3) is 5.91 Å². The summed E-state index contributed by atoms with van der Waals surface area (Å²) < 4.78 is 14.6. The number of aromatic nitrogens is 3. The van der Waals surface area contributed by atoms with Gasteiger partial charge in [0.1, 0.15) is 11.5 Å². The van der Waals surface area contributed by atoms with Crippen molar-refractivity contribution in [3.8, 4) is 11.3 Å². The van der Waals surface area contributed by atoms with E-state index in [1.165, 1.54) is 12.1 Å². The van der Waals surface area contributed by atoms with E-state index >= 15 is 0 Å². The van der Waals surface area contributed by atoms with Gasteiger partial charge in [-0.25, -0.2) is 9.37 Å². The monoisotopic (exact) mass is 401 g/mol. The topological polar surface area (TPSA) is 73.9 Å². The zero-order valence-corrected chi connectivity index (χ0v) is 16.4. The Labute approximate surface area is 172 Å². The van der Waals surface area contributed by atoms with Gasteiger partial charge in [-0.3, -0.25) is 9.78 Å². The molecule has 1 aliphatic carbocycles. The summed E-state index contributed by atoms with van der Waals surface area (Å²) in [5.74, 6) is -0.571. The SMILES string of the molecule is CN(c1cnc2[nH]c(-c3cccnc3)cc2c1)c1cc(C(=O)NC2CC2)ccc1F. The number of halogens is 1. The molecule has 0 aliphatic heterocycles. The van der Waals surface area contributed by atoms with Crippen LogP contribution in [0.5, 0.6) is 0 Å². The molecular weight excluding hydrogens is 381 g/mol. The van der Waals surface area contributed by atoms with Crippen molar-refractivity contribution < 1.29 is 9.18 Å². The van der Waals surface area contributed by atoms with Gasteiger partial charge in [0.05, 0.1) is 17.6 Å². The van der Waals surface area contributed by atoms with E-state index in [4.69, 9.17) is 0 Å². The van der Waals surface area contributed by atoms with Gasteiger partial charge in [0.15, 0.2) is 0 Å². The molecule has 30 heavy (non-hydrogen) atoms. The van der Waals surface area contributed by atoms with Crippen molar-refractivity contribution in [1.82, 2.24) is 20.3 Å². The lowest BCUT2D eigenvalue weighted by Gasteiger charge is -2.20. The first-order chi connectivity index (χ1) is 14.6. The highest BCUT2D eigenvalue weighted by atomic mass is 19.1. The van der Waals surface area contributed by atoms with E-state index in [-0.39, 0.29) is 11.9 Å². The number of H-pyrrole nitrogens is 1. The van der Waals surface area contributed by atoms with Crippen molar-refractivity contribution >= 4 is 28.3 Å². The van der Waals surface area contributed by atoms with Crippen LogP contribution in [0, 0.1) is 5.82 Å². The Bertz CT molecular complexity index is 1230. The van der Waals surface area contributed by atoms with Gasteiger partial charge in [0, 0.05) is 47.7 Å². The Morgan fingerprint density at radius 2 is 2.07 bits per heavy atom. The lowest BCUT2D eigenvalue weighted by Crippen LogP contribution is -2.25. The number of fused-ring (bicyclic) bond motifs is 1. The molecule has 150 valence electrons. The number of anilines is 2. The van der Waals surface area contributed by atoms with Crippen LogP contribution in [0.2, 0.25) is 0 Å². The number of carbonyl (C=O) groups excluding carboxylic acids is 1. The van der Waals surface area contributed by atoms with Crippen molar-refractivity contribution in [2.75, 3.05) is 11.9 Å². The minimum Gasteiger partial charge on any atom is -0.349 e. The van der Waals surface area contributed by atoms with Crippen LogP contribution in [0.4, 0.5) is 15.8 Å². The van der Waals surface area contributed by atoms with Gasteiger partial charge >= 0.3 is 0 Å². The Kier molecular flexibility index (Phi) is 4.43. The van der Waals surface area contributed by atoms with Gasteiger partial charge in [-0.15, -0.1) is 0 Å². The maximum absolute atomic E-state index is 14.6. The maximum atomic E-state index is 14.6. The van der Waals surface area contributed by atoms with Gasteiger partial charge in [-0.2, -0.15) is 0 Å². The Morgan fingerprint density at radius 3 is 2.83 bits per heavy atom. The van der Waals surface area contributed by atoms with E-state index in [0.717, 1.165) is 40.8 Å². The summed E-state index contributed by atoms with van der Waals surface area (Å²) in [7, 11) is 1.76. The van der Waals surface area contributed by atoms with E-state index in [9.17, 15) is 9.18 Å². The highest BCUT2D eigenvalue weighted by molar-refractivity contribution is 5.96. The highest BCUT2D eigenvalue weighted by Gasteiger charge is 2.24. The number of benzene rings is 1. The molecule has 5 rings (SSSR count). The summed E-state index contributed by atoms with van der Waals surface area (Å²) >= 11 is 0. The van der Waals surface area contributed by atoms with Gasteiger partial charge in [-0.05, 0) is 55.3 Å². The average molecular weight is 401 g/mol. The van der Waals surface area contributed by atoms with Crippen molar-refractivity contribution in [3.63, 3.8) is 0 Å². The van der Waals surface area contributed by atoms with Crippen LogP contribution in [0.1, 0.15) is 23.2 Å². The summed E-state index contributed by atoms with van der Waals surface area (Å²) in [5, 5.41) is 3.84. The number of rotatable bonds is 5. The molecule has 4 aromatic rings. The molecule has 7 heteroatoms. The van der Waals surface area contributed by atoms with E-state index in [1.54, 1.807) is 36.6 Å². The molecule has 1 saturated carbocycles. The summed E-state index contributed by atoms with van der Waals surface area (Å²) in [4.78, 5) is 26.0. The lowest BCUT2D eigenvalue weighted by molar-refractivity contribution is 0.0951. The number of carbonyl (C=O) groups is 1. The van der Waals surface area contributed by atoms with E-state index in [2.05, 4.69) is 20.3 Å². The van der Waals surface area contributed by atoms with Gasteiger partial charge in [0.2, 0.25) is 0 Å². The summed E-state index contributed by atoms with van der Waals surface area (Å²) in [6.07, 6.45) is 7.20. The predicted molar refractivity (Wildman–Crippen MR) is 114 cm³/mol. The normalized spacial score (nSPS) is 13.4. The third-order valence-electron chi connectivity index (χ3n) is 5.30. The molecule has 0 unspecified atom stereocenters. The first kappa shape index (κ1) is 18.3. The first-order valence-corrected chi connectivity index (χ1v) is 9.82. The molecule has 1 fully saturated rings. The minimum absolute atomic E-state index is 0.174. The molecule has 0 radical (unpaired) electrons. The fourth-order valence-electron chi connectivity index (χ4n) is 3.41. The summed E-state index contributed by atoms with van der Waals surface area (Å²) in [6, 6.07) is 12.4. The van der Waals surface area contributed by atoms with E-state index in [0.29, 0.717) is 11.3 Å². The van der Waals surface area contributed by atoms with Crippen LogP contribution >= 0.6 is 0 Å². The zero-order chi connectivity index (χ0) is 20.7. The van der Waals surface area contributed by atoms with E-state index < -0.39 is 5.82 Å². The predicted octanol–water partition coefficient (Wildman–Crippen LogP) is 4.42. The molecule has 0 atom stereocenters. The van der Waals surface area contributed by atoms with Crippen LogP contribution in [0.3, 0.4) is 0 Å². The van der Waals surface area contributed by atoms with Crippen LogP contribution in [-0.4, -0.2) is 33.9 Å². The third-order valence-corrected chi connectivity index (χ3v) is 5.30. The molecular formula is C23H20FN5O. The largest absolute Gasteiger partial charge is 0.349 e. The Morgan fingerprint density at radius 1 is 1.20 bits per heavy atom. The lowest BCUT2D eigenvalue weighted by atomic mass is 10.1. The van der Waals surface area contributed by atoms with Crippen molar-refractivity contribution in [3.05, 3.63) is 72.4 Å². The fraction of sp³-hybridized carbons (Fsp3) is 0.174.